The summed E-state index contributed by atoms with van der Waals surface area (Å²) in [6.07, 6.45) is 3.24. The van der Waals surface area contributed by atoms with Crippen LogP contribution in [0.5, 0.6) is 5.75 Å². The highest BCUT2D eigenvalue weighted by atomic mass is 32.1. The number of hydrogen-bond donors (Lipinski definition) is 1. The lowest BCUT2D eigenvalue weighted by molar-refractivity contribution is -0.111. The van der Waals surface area contributed by atoms with Crippen LogP contribution in [0.15, 0.2) is 78.2 Å². The third-order valence-corrected chi connectivity index (χ3v) is 5.08. The summed E-state index contributed by atoms with van der Waals surface area (Å²) in [7, 11) is 1.62. The number of ether oxygens (including phenoxy) is 1. The van der Waals surface area contributed by atoms with Crippen LogP contribution in [0.25, 0.3) is 28.1 Å². The zero-order chi connectivity index (χ0) is 19.3. The predicted octanol–water partition coefficient (Wildman–Crippen LogP) is 5.62. The molecule has 0 aliphatic heterocycles. The van der Waals surface area contributed by atoms with Gasteiger partial charge in [-0.3, -0.25) is 10.1 Å². The third-order valence-electron chi connectivity index (χ3n) is 4.32. The molecule has 0 bridgehead atoms. The minimum atomic E-state index is -0.221. The molecule has 138 valence electrons. The fourth-order valence-corrected chi connectivity index (χ4v) is 3.68. The number of rotatable bonds is 5. The fraction of sp³-hybridized carbons (Fsp3) is 0.0435. The van der Waals surface area contributed by atoms with Gasteiger partial charge in [0, 0.05) is 17.0 Å². The van der Waals surface area contributed by atoms with Crippen LogP contribution in [-0.4, -0.2) is 18.0 Å². The maximum Gasteiger partial charge on any atom is 0.250 e. The summed E-state index contributed by atoms with van der Waals surface area (Å²) in [5, 5.41) is 7.67. The molecule has 0 aliphatic carbocycles. The molecule has 28 heavy (non-hydrogen) atoms. The van der Waals surface area contributed by atoms with Crippen LogP contribution in [0.1, 0.15) is 5.56 Å². The number of nitrogens with zero attached hydrogens (tertiary/aromatic N) is 1. The number of thiazole rings is 1. The van der Waals surface area contributed by atoms with Gasteiger partial charge >= 0.3 is 0 Å². The molecule has 1 heterocycles. The van der Waals surface area contributed by atoms with Gasteiger partial charge in [-0.05, 0) is 34.5 Å². The van der Waals surface area contributed by atoms with Crippen molar-refractivity contribution >= 4 is 39.2 Å². The van der Waals surface area contributed by atoms with Crippen molar-refractivity contribution in [3.63, 3.8) is 0 Å². The van der Waals surface area contributed by atoms with E-state index in [9.17, 15) is 4.79 Å². The maximum absolute atomic E-state index is 12.2. The lowest BCUT2D eigenvalue weighted by Gasteiger charge is -2.03. The summed E-state index contributed by atoms with van der Waals surface area (Å²) in [5.74, 6) is 0.531. The Morgan fingerprint density at radius 2 is 1.89 bits per heavy atom. The van der Waals surface area contributed by atoms with Gasteiger partial charge in [0.2, 0.25) is 5.91 Å². The van der Waals surface area contributed by atoms with Crippen molar-refractivity contribution in [1.29, 1.82) is 0 Å². The van der Waals surface area contributed by atoms with E-state index in [1.807, 2.05) is 53.9 Å². The van der Waals surface area contributed by atoms with E-state index >= 15 is 0 Å². The summed E-state index contributed by atoms with van der Waals surface area (Å²) in [4.78, 5) is 16.8. The standard InChI is InChI=1S/C23H18N2O2S/c1-27-18-9-4-6-16(14-18)12-13-22(26)25-23-24-21(15-28-23)20-11-5-8-17-7-2-3-10-19(17)20/h2-15H,1H3,(H,24,25,26). The zero-order valence-corrected chi connectivity index (χ0v) is 16.1. The van der Waals surface area contributed by atoms with E-state index in [0.717, 1.165) is 28.0 Å². The molecule has 0 atom stereocenters. The Labute approximate surface area is 167 Å². The van der Waals surface area contributed by atoms with E-state index in [4.69, 9.17) is 4.74 Å². The van der Waals surface area contributed by atoms with Gasteiger partial charge in [0.05, 0.1) is 12.8 Å². The van der Waals surface area contributed by atoms with Crippen molar-refractivity contribution in [2.45, 2.75) is 0 Å². The summed E-state index contributed by atoms with van der Waals surface area (Å²) >= 11 is 1.41. The SMILES string of the molecule is COc1cccc(C=CC(=O)Nc2nc(-c3cccc4ccccc34)cs2)c1. The lowest BCUT2D eigenvalue weighted by Crippen LogP contribution is -2.07. The molecule has 3 aromatic carbocycles. The topological polar surface area (TPSA) is 51.2 Å². The van der Waals surface area contributed by atoms with Crippen LogP contribution < -0.4 is 10.1 Å². The minimum absolute atomic E-state index is 0.221. The maximum atomic E-state index is 12.2. The Kier molecular flexibility index (Phi) is 5.17. The summed E-state index contributed by atoms with van der Waals surface area (Å²) in [6.45, 7) is 0. The van der Waals surface area contributed by atoms with Crippen LogP contribution >= 0.6 is 11.3 Å². The molecule has 0 radical (unpaired) electrons. The van der Waals surface area contributed by atoms with Gasteiger partial charge in [-0.2, -0.15) is 0 Å². The number of carbonyl (C=O) groups excluding carboxylic acids is 1. The first-order chi connectivity index (χ1) is 13.7. The van der Waals surface area contributed by atoms with Gasteiger partial charge in [0.25, 0.3) is 0 Å². The van der Waals surface area contributed by atoms with Crippen molar-refractivity contribution in [3.8, 4) is 17.0 Å². The van der Waals surface area contributed by atoms with Crippen molar-refractivity contribution in [2.75, 3.05) is 12.4 Å². The van der Waals surface area contributed by atoms with Gasteiger partial charge in [0.1, 0.15) is 5.75 Å². The van der Waals surface area contributed by atoms with E-state index in [1.165, 1.54) is 22.8 Å². The summed E-state index contributed by atoms with van der Waals surface area (Å²) in [6, 6.07) is 21.9. The molecule has 1 N–H and O–H groups in total. The molecule has 1 aromatic heterocycles. The second-order valence-electron chi connectivity index (χ2n) is 6.16. The number of benzene rings is 3. The number of carbonyl (C=O) groups is 1. The number of methoxy groups -OCH3 is 1. The molecular weight excluding hydrogens is 368 g/mol. The summed E-state index contributed by atoms with van der Waals surface area (Å²) in [5.41, 5.74) is 2.81. The molecule has 0 fully saturated rings. The number of fused-ring (bicyclic) bond motifs is 1. The Morgan fingerprint density at radius 3 is 2.79 bits per heavy atom. The monoisotopic (exact) mass is 386 g/mol. The van der Waals surface area contributed by atoms with Gasteiger partial charge in [0.15, 0.2) is 5.13 Å². The number of amides is 1. The number of anilines is 1. The van der Waals surface area contributed by atoms with Gasteiger partial charge in [-0.25, -0.2) is 4.98 Å². The number of hydrogen-bond acceptors (Lipinski definition) is 4. The quantitative estimate of drug-likeness (QED) is 0.453. The number of nitrogens with one attached hydrogen (secondary N) is 1. The lowest BCUT2D eigenvalue weighted by atomic mass is 10.0. The highest BCUT2D eigenvalue weighted by Crippen LogP contribution is 2.30. The molecule has 0 aliphatic rings. The van der Waals surface area contributed by atoms with Gasteiger partial charge in [-0.15, -0.1) is 11.3 Å². The molecule has 4 rings (SSSR count). The van der Waals surface area contributed by atoms with Crippen molar-refractivity contribution < 1.29 is 9.53 Å². The van der Waals surface area contributed by atoms with Crippen molar-refractivity contribution in [1.82, 2.24) is 4.98 Å². The van der Waals surface area contributed by atoms with E-state index in [2.05, 4.69) is 28.5 Å². The minimum Gasteiger partial charge on any atom is -0.497 e. The largest absolute Gasteiger partial charge is 0.497 e. The Bertz CT molecular complexity index is 1160. The normalized spacial score (nSPS) is 11.0. The first-order valence-electron chi connectivity index (χ1n) is 8.80. The van der Waals surface area contributed by atoms with Crippen LogP contribution in [0.2, 0.25) is 0 Å². The fourth-order valence-electron chi connectivity index (χ4n) is 2.97. The van der Waals surface area contributed by atoms with Gasteiger partial charge < -0.3 is 4.74 Å². The molecule has 4 nitrogen and oxygen atoms in total. The second-order valence-corrected chi connectivity index (χ2v) is 7.02. The molecule has 4 aromatic rings. The smallest absolute Gasteiger partial charge is 0.250 e. The highest BCUT2D eigenvalue weighted by molar-refractivity contribution is 7.14. The molecule has 0 spiro atoms. The van der Waals surface area contributed by atoms with Gasteiger partial charge in [-0.1, -0.05) is 54.6 Å². The van der Waals surface area contributed by atoms with Crippen LogP contribution in [0.4, 0.5) is 5.13 Å². The molecular formula is C23H18N2O2S. The van der Waals surface area contributed by atoms with Crippen molar-refractivity contribution in [2.24, 2.45) is 0 Å². The first kappa shape index (κ1) is 17.9. The van der Waals surface area contributed by atoms with Crippen LogP contribution in [0, 0.1) is 0 Å². The van der Waals surface area contributed by atoms with Crippen LogP contribution in [0.3, 0.4) is 0 Å². The zero-order valence-electron chi connectivity index (χ0n) is 15.3. The summed E-state index contributed by atoms with van der Waals surface area (Å²) < 4.78 is 5.19. The average molecular weight is 386 g/mol. The first-order valence-corrected chi connectivity index (χ1v) is 9.68. The van der Waals surface area contributed by atoms with E-state index in [-0.39, 0.29) is 5.91 Å². The second kappa shape index (κ2) is 8.06. The molecule has 5 heteroatoms. The van der Waals surface area contributed by atoms with E-state index < -0.39 is 0 Å². The van der Waals surface area contributed by atoms with Crippen molar-refractivity contribution in [3.05, 3.63) is 83.7 Å². The third kappa shape index (κ3) is 3.94. The molecule has 1 amide bonds. The highest BCUT2D eigenvalue weighted by Gasteiger charge is 2.09. The Hall–Kier alpha value is -3.44. The molecule has 0 unspecified atom stereocenters. The van der Waals surface area contributed by atoms with E-state index in [0.29, 0.717) is 5.13 Å². The molecule has 0 saturated heterocycles. The van der Waals surface area contributed by atoms with E-state index in [1.54, 1.807) is 13.2 Å². The molecule has 0 saturated carbocycles. The Balaban J connectivity index is 1.50. The number of aromatic nitrogens is 1. The predicted molar refractivity (Wildman–Crippen MR) is 116 cm³/mol. The van der Waals surface area contributed by atoms with Crippen LogP contribution in [-0.2, 0) is 4.79 Å². The average Bonchev–Trinajstić information content (AvgIpc) is 3.20. The Morgan fingerprint density at radius 1 is 1.07 bits per heavy atom.